The number of aromatic nitrogens is 1. The van der Waals surface area contributed by atoms with Gasteiger partial charge in [-0.3, -0.25) is 43.3 Å². The van der Waals surface area contributed by atoms with E-state index in [2.05, 4.69) is 21.3 Å². The number of nitrogens with one attached hydrogen (secondary N) is 4. The zero-order valence-electron chi connectivity index (χ0n) is 53.1. The third-order valence-electron chi connectivity index (χ3n) is 16.2. The Morgan fingerprint density at radius 3 is 2.04 bits per heavy atom. The van der Waals surface area contributed by atoms with E-state index in [1.165, 1.54) is 17.1 Å². The van der Waals surface area contributed by atoms with Crippen LogP contribution in [0.5, 0.6) is 0 Å². The molecule has 512 valence electrons. The van der Waals surface area contributed by atoms with Gasteiger partial charge in [0.25, 0.3) is 11.8 Å². The molecule has 0 saturated heterocycles. The number of aliphatic hydroxyl groups excluding tert-OH is 1. The number of aliphatic hydroxyl groups is 1. The van der Waals surface area contributed by atoms with Crippen LogP contribution in [0.25, 0.3) is 11.1 Å². The number of amides is 8. The Morgan fingerprint density at radius 2 is 1.44 bits per heavy atom. The number of benzene rings is 2. The second kappa shape index (κ2) is 36.7. The van der Waals surface area contributed by atoms with Crippen LogP contribution >= 0.6 is 0 Å². The van der Waals surface area contributed by atoms with Crippen LogP contribution in [-0.2, 0) is 54.5 Å². The standard InChI is InChI=1S/C63H87F2N9O12.C2HF3O2/c1-39(2)57(71-53(78)22-10-7-13-30-73-54(79)25-26-55(73)80)52(77)34-42(19-15-29-69-62(67)86)59(82)70-49(61(84)85)21-11-12-28-68-60(83)45-20-14-18-41(45)33-51(76)48(66)27-31-74(56(81)38-75)58(63(3,4)5)50-32-43(46-35-44(64)23-24-47(46)65)37-72(50)36-40-16-8-6-9-17-40;3-2(4,5)1(6)7/h6,8-9,16-17,23-26,32,35,37,39,41-42,45,48-49,57-58,75H,7,10-15,18-22,27-31,33-34,36,38,66H2,1-5H3,(H,68,83)(H,70,82)(H,71,78)(H,84,85)(H3,67,69,86);(H,6,7)/t41-,42-,45-,48+,49+,57+,58+;/m1./s1. The summed E-state index contributed by atoms with van der Waals surface area (Å²) in [6.07, 6.45) is 2.99. The molecule has 0 radical (unpaired) electrons. The maximum absolute atomic E-state index is 15.3. The molecule has 11 N–H and O–H groups in total. The Balaban J connectivity index is 0.00000248. The van der Waals surface area contributed by atoms with Crippen LogP contribution in [0.4, 0.5) is 26.7 Å². The fraction of sp³-hybridized carbons (Fsp3) is 0.554. The predicted octanol–water partition coefficient (Wildman–Crippen LogP) is 6.62. The highest BCUT2D eigenvalue weighted by Crippen LogP contribution is 2.42. The maximum atomic E-state index is 15.3. The van der Waals surface area contributed by atoms with Crippen molar-refractivity contribution in [3.05, 3.63) is 95.8 Å². The van der Waals surface area contributed by atoms with Crippen molar-refractivity contribution in [2.24, 2.45) is 40.6 Å². The molecule has 8 amide bonds. The van der Waals surface area contributed by atoms with Crippen molar-refractivity contribution in [2.75, 3.05) is 32.8 Å². The third-order valence-corrected chi connectivity index (χ3v) is 16.2. The van der Waals surface area contributed by atoms with Crippen molar-refractivity contribution in [1.29, 1.82) is 0 Å². The third kappa shape index (κ3) is 24.9. The lowest BCUT2D eigenvalue weighted by Crippen LogP contribution is -2.47. The van der Waals surface area contributed by atoms with Gasteiger partial charge < -0.3 is 57.5 Å². The van der Waals surface area contributed by atoms with Crippen LogP contribution in [0.2, 0.25) is 0 Å². The van der Waals surface area contributed by atoms with E-state index >= 15 is 4.39 Å². The molecule has 23 nitrogen and oxygen atoms in total. The molecule has 93 heavy (non-hydrogen) atoms. The number of carboxylic acid groups (broad SMARTS) is 2. The molecule has 0 spiro atoms. The van der Waals surface area contributed by atoms with Gasteiger partial charge in [-0.25, -0.2) is 23.2 Å². The van der Waals surface area contributed by atoms with Gasteiger partial charge in [0.15, 0.2) is 5.78 Å². The number of unbranched alkanes of at least 4 members (excludes halogenated alkanes) is 3. The lowest BCUT2D eigenvalue weighted by Gasteiger charge is -2.41. The molecule has 0 bridgehead atoms. The van der Waals surface area contributed by atoms with Gasteiger partial charge in [-0.05, 0) is 111 Å². The Morgan fingerprint density at radius 1 is 0.785 bits per heavy atom. The summed E-state index contributed by atoms with van der Waals surface area (Å²) < 4.78 is 63.4. The fourth-order valence-electron chi connectivity index (χ4n) is 11.4. The highest BCUT2D eigenvalue weighted by Gasteiger charge is 2.40. The SMILES string of the molecule is CC(C)[C@H](NC(=O)CCCCCN1C(=O)C=CC1=O)C(=O)C[C@@H](CCCNC(N)=O)C(=O)N[C@@H](CCCCNC(=O)[C@@H]1CCC[C@@H]1CC(=O)[C@@H](N)CCN(C(=O)CO)[C@@H](c1cc(-c2cc(F)ccc2F)cn1Cc1ccccc1)C(C)(C)C)C(=O)O.O=C(O)C(F)(F)F. The quantitative estimate of drug-likeness (QED) is 0.0168. The number of hydrogen-bond donors (Lipinski definition) is 9. The summed E-state index contributed by atoms with van der Waals surface area (Å²) in [5.41, 5.74) is 13.0. The molecule has 1 fully saturated rings. The number of carboxylic acids is 2. The average Bonchev–Trinajstić information content (AvgIpc) is 1.68. The number of hydrogen-bond acceptors (Lipinski definition) is 13. The van der Waals surface area contributed by atoms with Gasteiger partial charge >= 0.3 is 24.1 Å². The smallest absolute Gasteiger partial charge is 0.480 e. The van der Waals surface area contributed by atoms with Crippen LogP contribution < -0.4 is 32.7 Å². The van der Waals surface area contributed by atoms with Crippen LogP contribution in [0, 0.1) is 40.7 Å². The van der Waals surface area contributed by atoms with Gasteiger partial charge in [-0.1, -0.05) is 77.8 Å². The van der Waals surface area contributed by atoms with Gasteiger partial charge in [0, 0.05) is 99.0 Å². The van der Waals surface area contributed by atoms with Crippen molar-refractivity contribution in [1.82, 2.24) is 35.6 Å². The highest BCUT2D eigenvalue weighted by molar-refractivity contribution is 6.12. The van der Waals surface area contributed by atoms with E-state index in [4.69, 9.17) is 21.4 Å². The van der Waals surface area contributed by atoms with Crippen molar-refractivity contribution in [3.8, 4) is 11.1 Å². The van der Waals surface area contributed by atoms with Crippen molar-refractivity contribution < 1.29 is 90.0 Å². The lowest BCUT2D eigenvalue weighted by molar-refractivity contribution is -0.192. The Kier molecular flexibility index (Phi) is 30.4. The molecule has 0 unspecified atom stereocenters. The van der Waals surface area contributed by atoms with Gasteiger partial charge in [0.2, 0.25) is 23.6 Å². The maximum Gasteiger partial charge on any atom is 0.490 e. The van der Waals surface area contributed by atoms with Crippen LogP contribution in [0.3, 0.4) is 0 Å². The van der Waals surface area contributed by atoms with E-state index in [0.29, 0.717) is 62.7 Å². The largest absolute Gasteiger partial charge is 0.490 e. The molecule has 1 aliphatic heterocycles. The molecule has 1 aromatic heterocycles. The number of ketones is 2. The predicted molar refractivity (Wildman–Crippen MR) is 331 cm³/mol. The number of nitrogens with two attached hydrogens (primary N) is 2. The fourth-order valence-corrected chi connectivity index (χ4v) is 11.4. The van der Waals surface area contributed by atoms with E-state index in [1.54, 1.807) is 26.1 Å². The van der Waals surface area contributed by atoms with E-state index < -0.39 is 107 Å². The molecule has 2 aliphatic rings. The minimum absolute atomic E-state index is 0.00801. The number of Topliss-reactive ketones (excluding diaryl/α,β-unsaturated/α-hetero) is 2. The normalized spacial score (nSPS) is 16.3. The zero-order chi connectivity index (χ0) is 69.3. The lowest BCUT2D eigenvalue weighted by atomic mass is 9.82. The van der Waals surface area contributed by atoms with Gasteiger partial charge in [0.1, 0.15) is 30.1 Å². The summed E-state index contributed by atoms with van der Waals surface area (Å²) >= 11 is 0. The van der Waals surface area contributed by atoms with Gasteiger partial charge in [-0.2, -0.15) is 13.2 Å². The van der Waals surface area contributed by atoms with E-state index in [0.717, 1.165) is 28.7 Å². The number of aliphatic carboxylic acids is 2. The van der Waals surface area contributed by atoms with Crippen LogP contribution in [0.15, 0.2) is 72.9 Å². The first-order valence-corrected chi connectivity index (χ1v) is 31.1. The number of imide groups is 1. The number of nitrogens with zero attached hydrogens (tertiary/aromatic N) is 3. The summed E-state index contributed by atoms with van der Waals surface area (Å²) in [6, 6.07) is 9.51. The number of carbonyl (C=O) groups excluding carboxylic acids is 9. The molecule has 2 aromatic carbocycles. The zero-order valence-corrected chi connectivity index (χ0v) is 53.1. The second-order valence-corrected chi connectivity index (χ2v) is 24.8. The molecular formula is C65H88F5N9O14. The average molecular weight is 1310 g/mol. The molecule has 7 atom stereocenters. The van der Waals surface area contributed by atoms with Crippen molar-refractivity contribution in [2.45, 2.75) is 168 Å². The van der Waals surface area contributed by atoms with E-state index in [-0.39, 0.29) is 118 Å². The number of rotatable bonds is 36. The summed E-state index contributed by atoms with van der Waals surface area (Å²) in [6.45, 7) is 9.15. The highest BCUT2D eigenvalue weighted by atomic mass is 19.4. The van der Waals surface area contributed by atoms with Gasteiger partial charge in [-0.15, -0.1) is 0 Å². The second-order valence-electron chi connectivity index (χ2n) is 24.8. The molecular weight excluding hydrogens is 1230 g/mol. The minimum Gasteiger partial charge on any atom is -0.480 e. The van der Waals surface area contributed by atoms with Crippen LogP contribution in [0.1, 0.15) is 148 Å². The topological polar surface area (TPSA) is 360 Å². The number of halogens is 5. The van der Waals surface area contributed by atoms with E-state index in [1.807, 2.05) is 55.7 Å². The van der Waals surface area contributed by atoms with Crippen LogP contribution in [-0.4, -0.2) is 152 Å². The summed E-state index contributed by atoms with van der Waals surface area (Å²) in [7, 11) is 0. The molecule has 28 heteroatoms. The molecule has 5 rings (SSSR count). The molecule has 1 aliphatic carbocycles. The van der Waals surface area contributed by atoms with E-state index in [9.17, 15) is 75.7 Å². The number of carbonyl (C=O) groups is 11. The first-order valence-electron chi connectivity index (χ1n) is 31.1. The monoisotopic (exact) mass is 1310 g/mol. The van der Waals surface area contributed by atoms with Gasteiger partial charge in [0.05, 0.1) is 18.1 Å². The number of urea groups is 1. The van der Waals surface area contributed by atoms with Crippen molar-refractivity contribution >= 4 is 65.0 Å². The molecule has 2 heterocycles. The Bertz CT molecular complexity index is 3100. The Hall–Kier alpha value is -8.40. The molecule has 1 saturated carbocycles. The van der Waals surface area contributed by atoms with Crippen molar-refractivity contribution in [3.63, 3.8) is 0 Å². The summed E-state index contributed by atoms with van der Waals surface area (Å²) in [5, 5.41) is 38.3. The Labute approximate surface area is 537 Å². The summed E-state index contributed by atoms with van der Waals surface area (Å²) in [4.78, 5) is 141. The summed E-state index contributed by atoms with van der Waals surface area (Å²) in [5.74, 6) is -11.0. The number of alkyl halides is 3. The first kappa shape index (κ1) is 77.1. The first-order chi connectivity index (χ1) is 43.7. The molecule has 3 aromatic rings. The minimum atomic E-state index is -5.08. The number of primary amides is 1.